The van der Waals surface area contributed by atoms with Gasteiger partial charge in [0, 0.05) is 24.2 Å². The number of hydrogen-bond donors (Lipinski definition) is 1. The van der Waals surface area contributed by atoms with Crippen molar-refractivity contribution in [2.75, 3.05) is 20.3 Å². The number of fused-ring (bicyclic) bond motifs is 1. The van der Waals surface area contributed by atoms with E-state index in [2.05, 4.69) is 15.0 Å². The molecule has 2 aromatic carbocycles. The number of carbonyl (C=O) groups excluding carboxylic acids is 1. The highest BCUT2D eigenvalue weighted by molar-refractivity contribution is 5.91. The molecule has 0 aliphatic heterocycles. The van der Waals surface area contributed by atoms with Crippen LogP contribution in [-0.4, -0.2) is 37.8 Å². The van der Waals surface area contributed by atoms with Crippen molar-refractivity contribution in [3.05, 3.63) is 66.4 Å². The summed E-state index contributed by atoms with van der Waals surface area (Å²) in [7, 11) is 1.35. The van der Waals surface area contributed by atoms with Crippen LogP contribution in [0.2, 0.25) is 0 Å². The summed E-state index contributed by atoms with van der Waals surface area (Å²) in [6, 6.07) is 14.0. The molecule has 0 atom stereocenters. The van der Waals surface area contributed by atoms with E-state index in [0.29, 0.717) is 30.9 Å². The third kappa shape index (κ3) is 6.40. The van der Waals surface area contributed by atoms with Crippen LogP contribution in [0.25, 0.3) is 17.0 Å². The average Bonchev–Trinajstić information content (AvgIpc) is 2.78. The minimum atomic E-state index is -2.94. The average molecular weight is 428 g/mol. The van der Waals surface area contributed by atoms with Gasteiger partial charge in [0.25, 0.3) is 0 Å². The van der Waals surface area contributed by atoms with E-state index in [1.165, 1.54) is 25.3 Å². The quantitative estimate of drug-likeness (QED) is 0.382. The maximum absolute atomic E-state index is 12.4. The lowest BCUT2D eigenvalue weighted by Gasteiger charge is -2.10. The monoisotopic (exact) mass is 428 g/mol. The van der Waals surface area contributed by atoms with Gasteiger partial charge in [-0.2, -0.15) is 8.78 Å². The highest BCUT2D eigenvalue weighted by atomic mass is 19.3. The molecule has 6 nitrogen and oxygen atoms in total. The summed E-state index contributed by atoms with van der Waals surface area (Å²) in [5, 5.41) is 3.77. The number of rotatable bonds is 10. The maximum atomic E-state index is 12.4. The Bertz CT molecular complexity index is 1050. The number of nitrogens with zero attached hydrogens (tertiary/aromatic N) is 1. The van der Waals surface area contributed by atoms with Crippen molar-refractivity contribution >= 4 is 22.9 Å². The van der Waals surface area contributed by atoms with Gasteiger partial charge in [0.2, 0.25) is 5.91 Å². The van der Waals surface area contributed by atoms with Crippen LogP contribution in [0.15, 0.2) is 60.8 Å². The second kappa shape index (κ2) is 10.9. The number of hydrogen-bond acceptors (Lipinski definition) is 5. The summed E-state index contributed by atoms with van der Waals surface area (Å²) < 4.78 is 39.9. The number of pyridine rings is 1. The maximum Gasteiger partial charge on any atom is 0.387 e. The number of benzene rings is 2. The topological polar surface area (TPSA) is 69.7 Å². The Morgan fingerprint density at radius 1 is 1.13 bits per heavy atom. The van der Waals surface area contributed by atoms with Crippen molar-refractivity contribution in [3.63, 3.8) is 0 Å². The number of carbonyl (C=O) groups is 1. The third-order valence-corrected chi connectivity index (χ3v) is 4.30. The molecule has 0 unspecified atom stereocenters. The number of aromatic nitrogens is 1. The molecular weight excluding hydrogens is 406 g/mol. The number of ether oxygens (including phenoxy) is 3. The van der Waals surface area contributed by atoms with E-state index < -0.39 is 6.61 Å². The van der Waals surface area contributed by atoms with Crippen molar-refractivity contribution in [2.45, 2.75) is 13.0 Å². The standard InChI is InChI=1S/C23H22F2N2O4/c1-29-20-15-16(8-10-18(20)31-23(24)25)9-11-21(28)26-13-4-14-30-19-7-2-5-17-6-3-12-27-22(17)19/h2-3,5-12,15,23H,4,13-14H2,1H3,(H,26,28)/b11-9+. The fraction of sp³-hybridized carbons (Fsp3) is 0.217. The molecule has 0 fully saturated rings. The smallest absolute Gasteiger partial charge is 0.387 e. The number of amides is 1. The largest absolute Gasteiger partial charge is 0.493 e. The van der Waals surface area contributed by atoms with Crippen molar-refractivity contribution < 1.29 is 27.8 Å². The van der Waals surface area contributed by atoms with Gasteiger partial charge >= 0.3 is 6.61 Å². The van der Waals surface area contributed by atoms with E-state index in [1.54, 1.807) is 18.3 Å². The van der Waals surface area contributed by atoms with Gasteiger partial charge in [-0.15, -0.1) is 0 Å². The van der Waals surface area contributed by atoms with Gasteiger partial charge in [0.05, 0.1) is 13.7 Å². The first-order valence-electron chi connectivity index (χ1n) is 9.62. The molecule has 0 saturated heterocycles. The number of methoxy groups -OCH3 is 1. The second-order valence-electron chi connectivity index (χ2n) is 6.45. The molecule has 0 radical (unpaired) electrons. The lowest BCUT2D eigenvalue weighted by atomic mass is 10.2. The van der Waals surface area contributed by atoms with E-state index in [4.69, 9.17) is 9.47 Å². The Hall–Kier alpha value is -3.68. The second-order valence-corrected chi connectivity index (χ2v) is 6.45. The Morgan fingerprint density at radius 2 is 1.97 bits per heavy atom. The van der Waals surface area contributed by atoms with Crippen LogP contribution in [0.4, 0.5) is 8.78 Å². The van der Waals surface area contributed by atoms with E-state index in [9.17, 15) is 13.6 Å². The van der Waals surface area contributed by atoms with Crippen LogP contribution in [0.1, 0.15) is 12.0 Å². The van der Waals surface area contributed by atoms with E-state index in [1.807, 2.05) is 30.3 Å². The normalized spacial score (nSPS) is 11.1. The van der Waals surface area contributed by atoms with Crippen molar-refractivity contribution in [2.24, 2.45) is 0 Å². The van der Waals surface area contributed by atoms with Gasteiger partial charge in [-0.05, 0) is 42.3 Å². The van der Waals surface area contributed by atoms with Crippen molar-refractivity contribution in [1.82, 2.24) is 10.3 Å². The molecule has 3 aromatic rings. The van der Waals surface area contributed by atoms with E-state index in [-0.39, 0.29) is 17.4 Å². The van der Waals surface area contributed by atoms with Crippen LogP contribution < -0.4 is 19.5 Å². The Kier molecular flexibility index (Phi) is 7.75. The molecule has 8 heteroatoms. The Balaban J connectivity index is 1.44. The van der Waals surface area contributed by atoms with Crippen LogP contribution in [0.5, 0.6) is 17.2 Å². The molecule has 162 valence electrons. The summed E-state index contributed by atoms with van der Waals surface area (Å²) in [4.78, 5) is 16.3. The van der Waals surface area contributed by atoms with Crippen molar-refractivity contribution in [1.29, 1.82) is 0 Å². The van der Waals surface area contributed by atoms with Gasteiger partial charge in [-0.3, -0.25) is 9.78 Å². The SMILES string of the molecule is COc1cc(/C=C/C(=O)NCCCOc2cccc3cccnc23)ccc1OC(F)F. The summed E-state index contributed by atoms with van der Waals surface area (Å²) in [5.74, 6) is 0.514. The molecule has 31 heavy (non-hydrogen) atoms. The van der Waals surface area contributed by atoms with Crippen molar-refractivity contribution in [3.8, 4) is 17.2 Å². The summed E-state index contributed by atoms with van der Waals surface area (Å²) >= 11 is 0. The highest BCUT2D eigenvalue weighted by Gasteiger charge is 2.10. The van der Waals surface area contributed by atoms with E-state index in [0.717, 1.165) is 10.9 Å². The zero-order valence-electron chi connectivity index (χ0n) is 16.9. The van der Waals surface area contributed by atoms with Crippen LogP contribution >= 0.6 is 0 Å². The predicted molar refractivity (Wildman–Crippen MR) is 114 cm³/mol. The molecule has 0 saturated carbocycles. The lowest BCUT2D eigenvalue weighted by molar-refractivity contribution is -0.116. The molecule has 0 bridgehead atoms. The molecule has 1 amide bonds. The Labute approximate surface area is 178 Å². The first-order valence-corrected chi connectivity index (χ1v) is 9.62. The van der Waals surface area contributed by atoms with Crippen LogP contribution in [-0.2, 0) is 4.79 Å². The molecule has 0 aliphatic rings. The molecule has 0 spiro atoms. The molecule has 3 rings (SSSR count). The van der Waals surface area contributed by atoms with Gasteiger partial charge in [0.1, 0.15) is 11.3 Å². The molecule has 1 aromatic heterocycles. The van der Waals surface area contributed by atoms with Gasteiger partial charge in [-0.25, -0.2) is 0 Å². The molecule has 1 N–H and O–H groups in total. The minimum absolute atomic E-state index is 0.0690. The first kappa shape index (κ1) is 22.0. The fourth-order valence-corrected chi connectivity index (χ4v) is 2.87. The number of halogens is 2. The lowest BCUT2D eigenvalue weighted by Crippen LogP contribution is -2.23. The van der Waals surface area contributed by atoms with Gasteiger partial charge < -0.3 is 19.5 Å². The van der Waals surface area contributed by atoms with E-state index >= 15 is 0 Å². The molecule has 0 aliphatic carbocycles. The number of para-hydroxylation sites is 1. The molecule has 1 heterocycles. The summed E-state index contributed by atoms with van der Waals surface area (Å²) in [6.45, 7) is -2.07. The van der Waals surface area contributed by atoms with Crippen LogP contribution in [0.3, 0.4) is 0 Å². The fourth-order valence-electron chi connectivity index (χ4n) is 2.87. The zero-order chi connectivity index (χ0) is 22.1. The highest BCUT2D eigenvalue weighted by Crippen LogP contribution is 2.29. The first-order chi connectivity index (χ1) is 15.1. The summed E-state index contributed by atoms with van der Waals surface area (Å²) in [6.07, 6.45) is 5.26. The number of nitrogens with one attached hydrogen (secondary N) is 1. The van der Waals surface area contributed by atoms with Gasteiger partial charge in [-0.1, -0.05) is 24.3 Å². The summed E-state index contributed by atoms with van der Waals surface area (Å²) in [5.41, 5.74) is 1.41. The Morgan fingerprint density at radius 3 is 2.77 bits per heavy atom. The zero-order valence-corrected chi connectivity index (χ0v) is 16.9. The molecular formula is C23H22F2N2O4. The number of alkyl halides is 2. The van der Waals surface area contributed by atoms with Gasteiger partial charge in [0.15, 0.2) is 11.5 Å². The minimum Gasteiger partial charge on any atom is -0.493 e. The predicted octanol–water partition coefficient (Wildman–Crippen LogP) is 4.44. The van der Waals surface area contributed by atoms with Crippen LogP contribution in [0, 0.1) is 0 Å². The third-order valence-electron chi connectivity index (χ3n) is 4.30.